The molecule has 0 saturated heterocycles. The Morgan fingerprint density at radius 2 is 1.57 bits per heavy atom. The molecule has 0 fully saturated rings. The highest BCUT2D eigenvalue weighted by Gasteiger charge is 2.28. The lowest BCUT2D eigenvalue weighted by Crippen LogP contribution is -2.39. The summed E-state index contributed by atoms with van der Waals surface area (Å²) >= 11 is 6.02. The van der Waals surface area contributed by atoms with E-state index in [1.807, 2.05) is 25.1 Å². The summed E-state index contributed by atoms with van der Waals surface area (Å²) in [6, 6.07) is 25.1. The van der Waals surface area contributed by atoms with E-state index in [1.54, 1.807) is 54.6 Å². The Kier molecular flexibility index (Phi) is 11.1. The second kappa shape index (κ2) is 15.1. The summed E-state index contributed by atoms with van der Waals surface area (Å²) in [6.07, 6.45) is 1.45. The molecule has 0 spiro atoms. The SMILES string of the molecule is CCOc1ccc(N(CC(=O)N/N=C\c2ccc(OCc3cccc(Cl)c3)cc2)S(=O)(=O)c2ccc(OC)c(OC)c2)cc1. The van der Waals surface area contributed by atoms with Crippen LogP contribution in [0.1, 0.15) is 18.1 Å². The van der Waals surface area contributed by atoms with E-state index in [4.69, 9.17) is 30.5 Å². The second-order valence-corrected chi connectivity index (χ2v) is 11.5. The molecule has 10 nitrogen and oxygen atoms in total. The van der Waals surface area contributed by atoms with Gasteiger partial charge in [0.05, 0.1) is 37.6 Å². The zero-order valence-corrected chi connectivity index (χ0v) is 26.0. The van der Waals surface area contributed by atoms with Crippen molar-refractivity contribution in [3.63, 3.8) is 0 Å². The van der Waals surface area contributed by atoms with Crippen LogP contribution in [-0.2, 0) is 21.4 Å². The minimum atomic E-state index is -4.22. The van der Waals surface area contributed by atoms with E-state index in [1.165, 1.54) is 38.6 Å². The molecule has 4 aromatic carbocycles. The second-order valence-electron chi connectivity index (χ2n) is 9.24. The van der Waals surface area contributed by atoms with E-state index in [0.29, 0.717) is 41.0 Å². The van der Waals surface area contributed by atoms with Gasteiger partial charge < -0.3 is 18.9 Å². The molecule has 0 atom stereocenters. The molecule has 0 aromatic heterocycles. The monoisotopic (exact) mass is 637 g/mol. The minimum Gasteiger partial charge on any atom is -0.494 e. The molecule has 4 aromatic rings. The Balaban J connectivity index is 1.46. The van der Waals surface area contributed by atoms with Crippen LogP contribution in [0.25, 0.3) is 0 Å². The third kappa shape index (κ3) is 8.42. The number of nitrogens with one attached hydrogen (secondary N) is 1. The Hall–Kier alpha value is -4.74. The number of anilines is 1. The summed E-state index contributed by atoms with van der Waals surface area (Å²) in [7, 11) is -1.36. The molecule has 0 aliphatic carbocycles. The van der Waals surface area contributed by atoms with E-state index in [2.05, 4.69) is 10.5 Å². The minimum absolute atomic E-state index is 0.0852. The van der Waals surface area contributed by atoms with Gasteiger partial charge in [-0.25, -0.2) is 13.8 Å². The van der Waals surface area contributed by atoms with Crippen molar-refractivity contribution in [2.75, 3.05) is 31.7 Å². The molecule has 0 aliphatic heterocycles. The summed E-state index contributed by atoms with van der Waals surface area (Å²) in [5.74, 6) is 1.16. The first-order valence-electron chi connectivity index (χ1n) is 13.5. The molecular weight excluding hydrogens is 606 g/mol. The van der Waals surface area contributed by atoms with Gasteiger partial charge in [-0.2, -0.15) is 5.10 Å². The lowest BCUT2D eigenvalue weighted by molar-refractivity contribution is -0.119. The molecule has 230 valence electrons. The highest BCUT2D eigenvalue weighted by molar-refractivity contribution is 7.92. The first-order chi connectivity index (χ1) is 21.2. The average Bonchev–Trinajstić information content (AvgIpc) is 3.03. The summed E-state index contributed by atoms with van der Waals surface area (Å²) in [6.45, 7) is 2.11. The molecule has 0 heterocycles. The molecule has 0 saturated carbocycles. The number of nitrogens with zero attached hydrogens (tertiary/aromatic N) is 2. The van der Waals surface area contributed by atoms with E-state index >= 15 is 0 Å². The van der Waals surface area contributed by atoms with Crippen molar-refractivity contribution in [3.8, 4) is 23.0 Å². The molecule has 1 amide bonds. The Morgan fingerprint density at radius 1 is 0.886 bits per heavy atom. The van der Waals surface area contributed by atoms with Gasteiger partial charge in [0.2, 0.25) is 0 Å². The van der Waals surface area contributed by atoms with E-state index in [9.17, 15) is 13.2 Å². The summed E-state index contributed by atoms with van der Waals surface area (Å²) in [4.78, 5) is 12.9. The number of carbonyl (C=O) groups is 1. The molecule has 0 aliphatic rings. The van der Waals surface area contributed by atoms with Crippen molar-refractivity contribution < 1.29 is 32.2 Å². The fourth-order valence-electron chi connectivity index (χ4n) is 4.08. The third-order valence-corrected chi connectivity index (χ3v) is 8.25. The fraction of sp³-hybridized carbons (Fsp3) is 0.188. The molecule has 44 heavy (non-hydrogen) atoms. The van der Waals surface area contributed by atoms with Crippen LogP contribution in [0, 0.1) is 0 Å². The average molecular weight is 638 g/mol. The number of amides is 1. The Morgan fingerprint density at radius 3 is 2.23 bits per heavy atom. The van der Waals surface area contributed by atoms with Crippen LogP contribution in [0.3, 0.4) is 0 Å². The van der Waals surface area contributed by atoms with Gasteiger partial charge in [0.25, 0.3) is 15.9 Å². The smallest absolute Gasteiger partial charge is 0.264 e. The van der Waals surface area contributed by atoms with Gasteiger partial charge in [0.15, 0.2) is 11.5 Å². The van der Waals surface area contributed by atoms with Gasteiger partial charge in [-0.3, -0.25) is 9.10 Å². The number of sulfonamides is 1. The normalized spacial score (nSPS) is 11.2. The zero-order valence-electron chi connectivity index (χ0n) is 24.4. The van der Waals surface area contributed by atoms with Crippen molar-refractivity contribution >= 4 is 39.4 Å². The van der Waals surface area contributed by atoms with Crippen LogP contribution in [0.5, 0.6) is 23.0 Å². The standard InChI is InChI=1S/C32H32ClN3O7S/c1-4-42-27-14-10-26(11-15-27)36(44(38,39)29-16-17-30(40-2)31(19-29)41-3)21-32(37)35-34-20-23-8-12-28(13-9-23)43-22-24-6-5-7-25(33)18-24/h5-20H,4,21-22H2,1-3H3,(H,35,37)/b34-20-. The Labute approximate surface area is 261 Å². The van der Waals surface area contributed by atoms with Crippen molar-refractivity contribution in [2.24, 2.45) is 5.10 Å². The van der Waals surface area contributed by atoms with Crippen LogP contribution in [-0.4, -0.2) is 47.9 Å². The number of rotatable bonds is 14. The van der Waals surface area contributed by atoms with Gasteiger partial charge >= 0.3 is 0 Å². The van der Waals surface area contributed by atoms with Gasteiger partial charge in [-0.05, 0) is 90.8 Å². The molecular formula is C32H32ClN3O7S. The Bertz CT molecular complexity index is 1700. The maximum absolute atomic E-state index is 13.8. The summed E-state index contributed by atoms with van der Waals surface area (Å²) in [5, 5.41) is 4.65. The number of hydrazone groups is 1. The molecule has 0 radical (unpaired) electrons. The van der Waals surface area contributed by atoms with Crippen LogP contribution in [0.15, 0.2) is 101 Å². The molecule has 0 unspecified atom stereocenters. The van der Waals surface area contributed by atoms with Gasteiger partial charge in [0, 0.05) is 11.1 Å². The van der Waals surface area contributed by atoms with Gasteiger partial charge in [0.1, 0.15) is 24.7 Å². The zero-order chi connectivity index (χ0) is 31.5. The first kappa shape index (κ1) is 32.2. The number of benzene rings is 4. The molecule has 12 heteroatoms. The molecule has 0 bridgehead atoms. The van der Waals surface area contributed by atoms with E-state index in [-0.39, 0.29) is 16.3 Å². The maximum Gasteiger partial charge on any atom is 0.264 e. The summed E-state index contributed by atoms with van der Waals surface area (Å²) in [5.41, 5.74) is 4.30. The predicted molar refractivity (Wildman–Crippen MR) is 170 cm³/mol. The fourth-order valence-corrected chi connectivity index (χ4v) is 5.73. The van der Waals surface area contributed by atoms with Crippen molar-refractivity contribution in [3.05, 3.63) is 107 Å². The highest BCUT2D eigenvalue weighted by atomic mass is 35.5. The number of methoxy groups -OCH3 is 2. The number of halogens is 1. The van der Waals surface area contributed by atoms with Crippen molar-refractivity contribution in [1.82, 2.24) is 5.43 Å². The predicted octanol–water partition coefficient (Wildman–Crippen LogP) is 5.68. The largest absolute Gasteiger partial charge is 0.494 e. The topological polar surface area (TPSA) is 116 Å². The van der Waals surface area contributed by atoms with E-state index in [0.717, 1.165) is 9.87 Å². The quantitative estimate of drug-likeness (QED) is 0.140. The summed E-state index contributed by atoms with van der Waals surface area (Å²) < 4.78 is 50.4. The van der Waals surface area contributed by atoms with Crippen LogP contribution < -0.4 is 28.7 Å². The molecule has 1 N–H and O–H groups in total. The third-order valence-electron chi connectivity index (χ3n) is 6.24. The first-order valence-corrected chi connectivity index (χ1v) is 15.3. The number of ether oxygens (including phenoxy) is 4. The lowest BCUT2D eigenvalue weighted by Gasteiger charge is -2.24. The number of carbonyl (C=O) groups excluding carboxylic acids is 1. The van der Waals surface area contributed by atoms with Gasteiger partial charge in [-0.1, -0.05) is 23.7 Å². The van der Waals surface area contributed by atoms with Crippen LogP contribution in [0.2, 0.25) is 5.02 Å². The van der Waals surface area contributed by atoms with Gasteiger partial charge in [-0.15, -0.1) is 0 Å². The number of hydrogen-bond acceptors (Lipinski definition) is 8. The van der Waals surface area contributed by atoms with Crippen LogP contribution in [0.4, 0.5) is 5.69 Å². The van der Waals surface area contributed by atoms with Crippen LogP contribution >= 0.6 is 11.6 Å². The molecule has 4 rings (SSSR count). The number of hydrogen-bond donors (Lipinski definition) is 1. The van der Waals surface area contributed by atoms with E-state index < -0.39 is 22.5 Å². The maximum atomic E-state index is 13.8. The van der Waals surface area contributed by atoms with Crippen molar-refractivity contribution in [1.29, 1.82) is 0 Å². The van der Waals surface area contributed by atoms with Crippen molar-refractivity contribution in [2.45, 2.75) is 18.4 Å². The lowest BCUT2D eigenvalue weighted by atomic mass is 10.2. The highest BCUT2D eigenvalue weighted by Crippen LogP contribution is 2.32.